The van der Waals surface area contributed by atoms with Crippen LogP contribution in [-0.4, -0.2) is 31.3 Å². The maximum Gasteiger partial charge on any atom is 0.251 e. The molecule has 1 heterocycles. The number of carbonyl (C=O) groups is 1. The number of thiol groups is 1. The van der Waals surface area contributed by atoms with Crippen LogP contribution < -0.4 is 10.2 Å². The van der Waals surface area contributed by atoms with Crippen molar-refractivity contribution >= 4 is 24.2 Å². The smallest absolute Gasteiger partial charge is 0.251 e. The van der Waals surface area contributed by atoms with Gasteiger partial charge in [0.25, 0.3) is 5.91 Å². The molecule has 0 aliphatic carbocycles. The fourth-order valence-electron chi connectivity index (χ4n) is 2.26. The summed E-state index contributed by atoms with van der Waals surface area (Å²) in [6.07, 6.45) is 1.25. The van der Waals surface area contributed by atoms with Crippen molar-refractivity contribution in [2.45, 2.75) is 13.3 Å². The van der Waals surface area contributed by atoms with Crippen molar-refractivity contribution in [3.8, 4) is 0 Å². The van der Waals surface area contributed by atoms with E-state index in [0.717, 1.165) is 19.0 Å². The number of amides is 1. The van der Waals surface area contributed by atoms with Crippen molar-refractivity contribution in [3.05, 3.63) is 29.8 Å². The molecular weight excluding hydrogens is 244 g/mol. The first-order valence-electron chi connectivity index (χ1n) is 6.45. The zero-order chi connectivity index (χ0) is 13.0. The Labute approximate surface area is 114 Å². The number of rotatable bonds is 4. The van der Waals surface area contributed by atoms with E-state index in [1.807, 2.05) is 24.3 Å². The lowest BCUT2D eigenvalue weighted by Crippen LogP contribution is -2.25. The molecular formula is C14H20N2OS. The minimum absolute atomic E-state index is 0.0228. The first-order chi connectivity index (χ1) is 8.70. The minimum Gasteiger partial charge on any atom is -0.371 e. The predicted octanol–water partition coefficient (Wildman–Crippen LogP) is 2.19. The first kappa shape index (κ1) is 13.3. The quantitative estimate of drug-likeness (QED) is 0.817. The normalized spacial score (nSPS) is 19.0. The lowest BCUT2D eigenvalue weighted by Gasteiger charge is -2.18. The van der Waals surface area contributed by atoms with Crippen molar-refractivity contribution < 1.29 is 4.79 Å². The van der Waals surface area contributed by atoms with E-state index in [1.54, 1.807) is 0 Å². The van der Waals surface area contributed by atoms with Gasteiger partial charge in [0, 0.05) is 36.6 Å². The highest BCUT2D eigenvalue weighted by molar-refractivity contribution is 7.80. The molecule has 0 bridgehead atoms. The summed E-state index contributed by atoms with van der Waals surface area (Å²) in [5.74, 6) is 1.41. The summed E-state index contributed by atoms with van der Waals surface area (Å²) in [7, 11) is 0. The highest BCUT2D eigenvalue weighted by Gasteiger charge is 2.18. The Bertz CT molecular complexity index is 405. The summed E-state index contributed by atoms with van der Waals surface area (Å²) in [6, 6.07) is 7.86. The highest BCUT2D eigenvalue weighted by Crippen LogP contribution is 2.23. The Balaban J connectivity index is 1.99. The molecule has 98 valence electrons. The van der Waals surface area contributed by atoms with Gasteiger partial charge in [-0.3, -0.25) is 4.79 Å². The van der Waals surface area contributed by atoms with Crippen LogP contribution >= 0.6 is 12.6 Å². The van der Waals surface area contributed by atoms with Crippen LogP contribution in [0.2, 0.25) is 0 Å². The van der Waals surface area contributed by atoms with Gasteiger partial charge in [-0.05, 0) is 36.6 Å². The Morgan fingerprint density at radius 1 is 1.44 bits per heavy atom. The lowest BCUT2D eigenvalue weighted by atomic mass is 10.1. The second kappa shape index (κ2) is 6.14. The molecule has 4 heteroatoms. The van der Waals surface area contributed by atoms with Gasteiger partial charge in [-0.1, -0.05) is 6.92 Å². The van der Waals surface area contributed by atoms with Crippen LogP contribution in [0, 0.1) is 5.92 Å². The minimum atomic E-state index is -0.0228. The lowest BCUT2D eigenvalue weighted by molar-refractivity contribution is 0.0956. The molecule has 18 heavy (non-hydrogen) atoms. The van der Waals surface area contributed by atoms with Crippen LogP contribution in [0.4, 0.5) is 5.69 Å². The summed E-state index contributed by atoms with van der Waals surface area (Å²) in [5, 5.41) is 2.82. The van der Waals surface area contributed by atoms with Crippen LogP contribution in [0.3, 0.4) is 0 Å². The van der Waals surface area contributed by atoms with Gasteiger partial charge in [-0.25, -0.2) is 0 Å². The van der Waals surface area contributed by atoms with Crippen LogP contribution in [0.5, 0.6) is 0 Å². The third-order valence-electron chi connectivity index (χ3n) is 3.32. The van der Waals surface area contributed by atoms with Crippen molar-refractivity contribution in [1.29, 1.82) is 0 Å². The molecule has 1 saturated heterocycles. The Hall–Kier alpha value is -1.16. The Morgan fingerprint density at radius 2 is 2.17 bits per heavy atom. The summed E-state index contributed by atoms with van der Waals surface area (Å²) in [6.45, 7) is 5.12. The number of nitrogens with zero attached hydrogens (tertiary/aromatic N) is 1. The number of carbonyl (C=O) groups excluding carboxylic acids is 1. The molecule has 0 radical (unpaired) electrons. The zero-order valence-electron chi connectivity index (χ0n) is 10.7. The molecule has 0 saturated carbocycles. The number of nitrogens with one attached hydrogen (secondary N) is 1. The predicted molar refractivity (Wildman–Crippen MR) is 78.6 cm³/mol. The van der Waals surface area contributed by atoms with Gasteiger partial charge < -0.3 is 10.2 Å². The summed E-state index contributed by atoms with van der Waals surface area (Å²) in [5.41, 5.74) is 1.93. The largest absolute Gasteiger partial charge is 0.371 e. The molecule has 1 aliphatic rings. The zero-order valence-corrected chi connectivity index (χ0v) is 11.6. The van der Waals surface area contributed by atoms with Gasteiger partial charge in [0.2, 0.25) is 0 Å². The monoisotopic (exact) mass is 264 g/mol. The molecule has 1 N–H and O–H groups in total. The molecule has 1 aromatic rings. The number of benzene rings is 1. The maximum absolute atomic E-state index is 11.7. The second-order valence-electron chi connectivity index (χ2n) is 4.87. The van der Waals surface area contributed by atoms with Gasteiger partial charge in [0.15, 0.2) is 0 Å². The second-order valence-corrected chi connectivity index (χ2v) is 5.31. The van der Waals surface area contributed by atoms with Gasteiger partial charge in [0.05, 0.1) is 0 Å². The molecule has 1 aromatic carbocycles. The topological polar surface area (TPSA) is 32.3 Å². The highest BCUT2D eigenvalue weighted by atomic mass is 32.1. The van der Waals surface area contributed by atoms with Crippen molar-refractivity contribution in [1.82, 2.24) is 5.32 Å². The van der Waals surface area contributed by atoms with Gasteiger partial charge in [0.1, 0.15) is 0 Å². The fraction of sp³-hybridized carbons (Fsp3) is 0.500. The van der Waals surface area contributed by atoms with Crippen LogP contribution in [0.25, 0.3) is 0 Å². The third kappa shape index (κ3) is 3.19. The van der Waals surface area contributed by atoms with Crippen LogP contribution in [0.15, 0.2) is 24.3 Å². The SMILES string of the molecule is CC1CCN(c2ccc(C(=O)NCCS)cc2)C1. The number of anilines is 1. The van der Waals surface area contributed by atoms with Crippen LogP contribution in [0.1, 0.15) is 23.7 Å². The van der Waals surface area contributed by atoms with Crippen molar-refractivity contribution in [2.24, 2.45) is 5.92 Å². The standard InChI is InChI=1S/C14H20N2OS/c1-11-6-8-16(10-11)13-4-2-12(3-5-13)14(17)15-7-9-18/h2-5,11,18H,6-10H2,1H3,(H,15,17). The number of hydrogen-bond acceptors (Lipinski definition) is 3. The van der Waals surface area contributed by atoms with Gasteiger partial charge in [-0.15, -0.1) is 0 Å². The summed E-state index contributed by atoms with van der Waals surface area (Å²) >= 11 is 4.07. The van der Waals surface area contributed by atoms with Crippen LogP contribution in [-0.2, 0) is 0 Å². The maximum atomic E-state index is 11.7. The van der Waals surface area contributed by atoms with E-state index in [4.69, 9.17) is 0 Å². The molecule has 1 atom stereocenters. The van der Waals surface area contributed by atoms with Gasteiger partial charge in [-0.2, -0.15) is 12.6 Å². The molecule has 1 unspecified atom stereocenters. The van der Waals surface area contributed by atoms with Crippen molar-refractivity contribution in [3.63, 3.8) is 0 Å². The fourth-order valence-corrected chi connectivity index (χ4v) is 2.38. The number of hydrogen-bond donors (Lipinski definition) is 2. The molecule has 0 aromatic heterocycles. The van der Waals surface area contributed by atoms with E-state index < -0.39 is 0 Å². The van der Waals surface area contributed by atoms with Gasteiger partial charge >= 0.3 is 0 Å². The third-order valence-corrected chi connectivity index (χ3v) is 3.54. The Kier molecular flexibility index (Phi) is 4.53. The average Bonchev–Trinajstić information content (AvgIpc) is 2.83. The summed E-state index contributed by atoms with van der Waals surface area (Å²) in [4.78, 5) is 14.1. The first-order valence-corrected chi connectivity index (χ1v) is 7.08. The van der Waals surface area contributed by atoms with E-state index in [2.05, 4.69) is 29.8 Å². The molecule has 0 spiro atoms. The molecule has 2 rings (SSSR count). The van der Waals surface area contributed by atoms with E-state index >= 15 is 0 Å². The van der Waals surface area contributed by atoms with Crippen molar-refractivity contribution in [2.75, 3.05) is 30.3 Å². The van der Waals surface area contributed by atoms with E-state index in [-0.39, 0.29) is 5.91 Å². The average molecular weight is 264 g/mol. The molecule has 1 amide bonds. The molecule has 1 aliphatic heterocycles. The van der Waals surface area contributed by atoms with E-state index in [0.29, 0.717) is 17.9 Å². The molecule has 3 nitrogen and oxygen atoms in total. The molecule has 1 fully saturated rings. The Morgan fingerprint density at radius 3 is 2.72 bits per heavy atom. The van der Waals surface area contributed by atoms with E-state index in [1.165, 1.54) is 12.1 Å². The summed E-state index contributed by atoms with van der Waals surface area (Å²) < 4.78 is 0. The van der Waals surface area contributed by atoms with E-state index in [9.17, 15) is 4.79 Å².